The van der Waals surface area contributed by atoms with Crippen molar-refractivity contribution in [3.05, 3.63) is 101 Å². The van der Waals surface area contributed by atoms with Gasteiger partial charge in [0.05, 0.1) is 16.8 Å². The highest BCUT2D eigenvalue weighted by Gasteiger charge is 2.52. The van der Waals surface area contributed by atoms with E-state index >= 15 is 0 Å². The molecule has 3 atom stereocenters. The quantitative estimate of drug-likeness (QED) is 0.176. The largest absolute Gasteiger partial charge is 0.460 e. The van der Waals surface area contributed by atoms with Crippen LogP contribution in [-0.2, 0) is 31.9 Å². The number of carbonyl (C=O) groups excluding carboxylic acids is 3. The number of carbonyl (C=O) groups is 3. The molecule has 3 aromatic carbocycles. The second-order valence-corrected chi connectivity index (χ2v) is 10.9. The Morgan fingerprint density at radius 2 is 1.45 bits per heavy atom. The Bertz CT molecular complexity index is 1290. The van der Waals surface area contributed by atoms with Crippen molar-refractivity contribution in [2.75, 3.05) is 12.0 Å². The average Bonchev–Trinajstić information content (AvgIpc) is 3.20. The molecule has 7 nitrogen and oxygen atoms in total. The van der Waals surface area contributed by atoms with Crippen molar-refractivity contribution >= 4 is 31.9 Å². The standard InChI is InChI=1S/C30H30NO6P/c1-20(2)17-26(29(34)37-19-22-9-5-4-6-10-22)30(36-3,38-35)18-21-13-15-23(16-14-21)31-27(32)24-11-7-8-12-25(24)28(31)33/h4-16,20,26H,17-19H2,1-3H3/p+1. The lowest BCUT2D eigenvalue weighted by Crippen LogP contribution is -2.43. The van der Waals surface area contributed by atoms with E-state index in [0.29, 0.717) is 23.2 Å². The molecule has 1 aliphatic heterocycles. The summed E-state index contributed by atoms with van der Waals surface area (Å²) in [6, 6.07) is 23.0. The van der Waals surface area contributed by atoms with Gasteiger partial charge in [0.1, 0.15) is 12.5 Å². The monoisotopic (exact) mass is 532 g/mol. The normalized spacial score (nSPS) is 15.4. The highest BCUT2D eigenvalue weighted by molar-refractivity contribution is 7.25. The predicted molar refractivity (Wildman–Crippen MR) is 146 cm³/mol. The minimum atomic E-state index is -1.30. The van der Waals surface area contributed by atoms with E-state index < -0.39 is 25.7 Å². The molecule has 196 valence electrons. The molecular formula is C30H31NO6P+. The van der Waals surface area contributed by atoms with Crippen LogP contribution in [0.3, 0.4) is 0 Å². The molecule has 1 aliphatic rings. The van der Waals surface area contributed by atoms with E-state index in [9.17, 15) is 18.9 Å². The maximum Gasteiger partial charge on any atom is 0.361 e. The van der Waals surface area contributed by atoms with Gasteiger partial charge in [-0.1, -0.05) is 73.0 Å². The summed E-state index contributed by atoms with van der Waals surface area (Å²) >= 11 is 0. The Hall–Kier alpha value is -3.67. The van der Waals surface area contributed by atoms with Crippen LogP contribution in [0.15, 0.2) is 78.9 Å². The molecule has 0 bridgehead atoms. The molecule has 8 heteroatoms. The molecule has 4 rings (SSSR count). The number of fused-ring (bicyclic) bond motifs is 1. The first kappa shape index (κ1) is 27.4. The summed E-state index contributed by atoms with van der Waals surface area (Å²) in [7, 11) is 0.524. The zero-order chi connectivity index (χ0) is 27.3. The lowest BCUT2D eigenvalue weighted by molar-refractivity contribution is -0.158. The maximum atomic E-state index is 13.3. The van der Waals surface area contributed by atoms with Crippen LogP contribution in [0.2, 0.25) is 0 Å². The van der Waals surface area contributed by atoms with Crippen LogP contribution in [0.25, 0.3) is 0 Å². The maximum absolute atomic E-state index is 13.3. The Balaban J connectivity index is 1.55. The molecule has 0 N–H and O–H groups in total. The number of methoxy groups -OCH3 is 1. The molecule has 0 radical (unpaired) electrons. The van der Waals surface area contributed by atoms with Gasteiger partial charge in [-0.05, 0) is 47.7 Å². The molecule has 1 heterocycles. The average molecular weight is 533 g/mol. The van der Waals surface area contributed by atoms with Gasteiger partial charge in [-0.2, -0.15) is 0 Å². The summed E-state index contributed by atoms with van der Waals surface area (Å²) in [6.45, 7) is 4.09. The van der Waals surface area contributed by atoms with E-state index in [0.717, 1.165) is 16.0 Å². The van der Waals surface area contributed by atoms with Gasteiger partial charge in [-0.3, -0.25) is 14.4 Å². The molecule has 3 unspecified atom stereocenters. The number of benzene rings is 3. The van der Waals surface area contributed by atoms with Crippen LogP contribution < -0.4 is 4.90 Å². The van der Waals surface area contributed by atoms with Crippen LogP contribution in [0.4, 0.5) is 5.69 Å². The smallest absolute Gasteiger partial charge is 0.361 e. The van der Waals surface area contributed by atoms with E-state index in [4.69, 9.17) is 9.47 Å². The van der Waals surface area contributed by atoms with Crippen LogP contribution in [-0.4, -0.2) is 30.2 Å². The van der Waals surface area contributed by atoms with Crippen molar-refractivity contribution in [3.63, 3.8) is 0 Å². The summed E-state index contributed by atoms with van der Waals surface area (Å²) in [5, 5.41) is -1.30. The van der Waals surface area contributed by atoms with Gasteiger partial charge in [-0.15, -0.1) is 0 Å². The first-order valence-electron chi connectivity index (χ1n) is 12.5. The van der Waals surface area contributed by atoms with Crippen molar-refractivity contribution in [2.24, 2.45) is 11.8 Å². The fourth-order valence-corrected chi connectivity index (χ4v) is 5.49. The number of esters is 1. The lowest BCUT2D eigenvalue weighted by Gasteiger charge is -2.29. The fourth-order valence-electron chi connectivity index (χ4n) is 4.75. The number of ether oxygens (including phenoxy) is 2. The summed E-state index contributed by atoms with van der Waals surface area (Å²) < 4.78 is 24.1. The Morgan fingerprint density at radius 3 is 1.97 bits per heavy atom. The molecule has 0 saturated heterocycles. The van der Waals surface area contributed by atoms with E-state index in [1.165, 1.54) is 7.11 Å². The van der Waals surface area contributed by atoms with Gasteiger partial charge in [-0.25, -0.2) is 4.90 Å². The number of imide groups is 1. The highest BCUT2D eigenvalue weighted by Crippen LogP contribution is 2.41. The van der Waals surface area contributed by atoms with E-state index in [1.54, 1.807) is 48.5 Å². The van der Waals surface area contributed by atoms with Crippen LogP contribution in [0, 0.1) is 11.8 Å². The molecule has 0 spiro atoms. The number of hydrogen-bond acceptors (Lipinski definition) is 6. The summed E-state index contributed by atoms with van der Waals surface area (Å²) in [5.74, 6) is -1.84. The SMILES string of the molecule is COC(Cc1ccc(N2C(=O)c3ccccc3C2=O)cc1)([PH+]=O)C(CC(C)C)C(=O)OCc1ccccc1. The van der Waals surface area contributed by atoms with Crippen molar-refractivity contribution in [3.8, 4) is 0 Å². The summed E-state index contributed by atoms with van der Waals surface area (Å²) in [6.07, 6.45) is 0.621. The topological polar surface area (TPSA) is 90.0 Å². The highest BCUT2D eigenvalue weighted by atomic mass is 31.1. The van der Waals surface area contributed by atoms with Gasteiger partial charge in [0.25, 0.3) is 17.2 Å². The van der Waals surface area contributed by atoms with Crippen molar-refractivity contribution < 1.29 is 28.4 Å². The van der Waals surface area contributed by atoms with Gasteiger partial charge in [0.15, 0.2) is 0 Å². The van der Waals surface area contributed by atoms with Gasteiger partial charge < -0.3 is 9.47 Å². The zero-order valence-corrected chi connectivity index (χ0v) is 22.7. The minimum Gasteiger partial charge on any atom is -0.460 e. The fraction of sp³-hybridized carbons (Fsp3) is 0.300. The lowest BCUT2D eigenvalue weighted by atomic mass is 9.87. The molecule has 0 saturated carbocycles. The van der Waals surface area contributed by atoms with Crippen LogP contribution >= 0.6 is 8.46 Å². The molecular weight excluding hydrogens is 501 g/mol. The van der Waals surface area contributed by atoms with Crippen molar-refractivity contribution in [1.82, 2.24) is 0 Å². The Labute approximate surface area is 224 Å². The second-order valence-electron chi connectivity index (χ2n) is 9.81. The second kappa shape index (κ2) is 11.8. The Kier molecular flexibility index (Phi) is 8.50. The molecule has 2 amide bonds. The van der Waals surface area contributed by atoms with Gasteiger partial charge >= 0.3 is 14.4 Å². The first-order valence-corrected chi connectivity index (χ1v) is 13.4. The third kappa shape index (κ3) is 5.59. The number of amides is 2. The van der Waals surface area contributed by atoms with E-state index in [2.05, 4.69) is 0 Å². The van der Waals surface area contributed by atoms with Crippen LogP contribution in [0.5, 0.6) is 0 Å². The minimum absolute atomic E-state index is 0.116. The zero-order valence-electron chi connectivity index (χ0n) is 21.7. The van der Waals surface area contributed by atoms with Crippen molar-refractivity contribution in [1.29, 1.82) is 0 Å². The molecule has 0 aliphatic carbocycles. The van der Waals surface area contributed by atoms with Gasteiger partial charge in [0.2, 0.25) is 0 Å². The van der Waals surface area contributed by atoms with E-state index in [-0.39, 0.29) is 30.8 Å². The first-order chi connectivity index (χ1) is 18.3. The van der Waals surface area contributed by atoms with Crippen LogP contribution in [0.1, 0.15) is 52.1 Å². The summed E-state index contributed by atoms with van der Waals surface area (Å²) in [5.41, 5.74) is 2.80. The predicted octanol–water partition coefficient (Wildman–Crippen LogP) is 5.80. The molecule has 3 aromatic rings. The molecule has 0 aromatic heterocycles. The summed E-state index contributed by atoms with van der Waals surface area (Å²) in [4.78, 5) is 40.1. The number of hydrogen-bond donors (Lipinski definition) is 0. The van der Waals surface area contributed by atoms with Crippen molar-refractivity contribution in [2.45, 2.75) is 38.6 Å². The van der Waals surface area contributed by atoms with E-state index in [1.807, 2.05) is 44.2 Å². The number of anilines is 1. The molecule has 38 heavy (non-hydrogen) atoms. The Morgan fingerprint density at radius 1 is 0.868 bits per heavy atom. The molecule has 0 fully saturated rings. The number of rotatable bonds is 11. The third-order valence-electron chi connectivity index (χ3n) is 6.77. The van der Waals surface area contributed by atoms with Gasteiger partial charge in [0, 0.05) is 13.5 Å². The number of nitrogens with zero attached hydrogens (tertiary/aromatic N) is 1. The third-order valence-corrected chi connectivity index (χ3v) is 7.85.